The van der Waals surface area contributed by atoms with Crippen LogP contribution in [0.1, 0.15) is 40.0 Å². The minimum Gasteiger partial charge on any atom is -0.303 e. The van der Waals surface area contributed by atoms with Gasteiger partial charge in [0.05, 0.1) is 0 Å². The maximum Gasteiger partial charge on any atom is 0.000968 e. The molecular formula is C11H23N. The lowest BCUT2D eigenvalue weighted by molar-refractivity contribution is 0.0603. The van der Waals surface area contributed by atoms with Gasteiger partial charge in [-0.1, -0.05) is 27.2 Å². The molecule has 0 aliphatic carbocycles. The summed E-state index contributed by atoms with van der Waals surface area (Å²) in [6.07, 6.45) is 4.20. The standard InChI is InChI=1S/C8H15N.C3H8/c1-7-6-9-4-2-8(7)3-5-9;1-3-2/h7-8H,2-6H2,1H3;3H2,1-2H3/t7-;/m0./s1. The first kappa shape index (κ1) is 10.0. The van der Waals surface area contributed by atoms with Crippen LogP contribution in [-0.2, 0) is 0 Å². The summed E-state index contributed by atoms with van der Waals surface area (Å²) in [6, 6.07) is 0. The Morgan fingerprint density at radius 3 is 1.83 bits per heavy atom. The third-order valence-electron chi connectivity index (χ3n) is 2.98. The molecular weight excluding hydrogens is 146 g/mol. The van der Waals surface area contributed by atoms with Crippen molar-refractivity contribution >= 4 is 0 Å². The minimum atomic E-state index is 0.993. The molecule has 72 valence electrons. The van der Waals surface area contributed by atoms with Crippen LogP contribution in [0.3, 0.4) is 0 Å². The Kier molecular flexibility index (Phi) is 4.07. The molecule has 0 amide bonds. The molecule has 3 fully saturated rings. The summed E-state index contributed by atoms with van der Waals surface area (Å²) in [5.74, 6) is 2.07. The summed E-state index contributed by atoms with van der Waals surface area (Å²) in [5.41, 5.74) is 0. The fourth-order valence-corrected chi connectivity index (χ4v) is 2.26. The summed E-state index contributed by atoms with van der Waals surface area (Å²) in [4.78, 5) is 2.60. The Morgan fingerprint density at radius 1 is 1.17 bits per heavy atom. The molecule has 0 saturated carbocycles. The van der Waals surface area contributed by atoms with E-state index in [0.717, 1.165) is 11.8 Å². The predicted molar refractivity (Wildman–Crippen MR) is 54.3 cm³/mol. The topological polar surface area (TPSA) is 3.24 Å². The summed E-state index contributed by atoms with van der Waals surface area (Å²) in [6.45, 7) is 10.8. The van der Waals surface area contributed by atoms with Gasteiger partial charge in [-0.3, -0.25) is 0 Å². The van der Waals surface area contributed by atoms with Gasteiger partial charge in [-0.05, 0) is 37.8 Å². The van der Waals surface area contributed by atoms with Gasteiger partial charge in [-0.2, -0.15) is 0 Å². The van der Waals surface area contributed by atoms with Gasteiger partial charge in [-0.15, -0.1) is 0 Å². The van der Waals surface area contributed by atoms with Crippen molar-refractivity contribution < 1.29 is 0 Å². The van der Waals surface area contributed by atoms with E-state index in [1.807, 2.05) is 0 Å². The van der Waals surface area contributed by atoms with E-state index < -0.39 is 0 Å². The van der Waals surface area contributed by atoms with E-state index in [4.69, 9.17) is 0 Å². The van der Waals surface area contributed by atoms with Crippen molar-refractivity contribution in [3.63, 3.8) is 0 Å². The molecule has 0 N–H and O–H groups in total. The van der Waals surface area contributed by atoms with Crippen molar-refractivity contribution in [2.75, 3.05) is 19.6 Å². The third kappa shape index (κ3) is 2.48. The number of hydrogen-bond donors (Lipinski definition) is 0. The molecule has 1 atom stereocenters. The van der Waals surface area contributed by atoms with Gasteiger partial charge >= 0.3 is 0 Å². The van der Waals surface area contributed by atoms with E-state index in [9.17, 15) is 0 Å². The molecule has 1 nitrogen and oxygen atoms in total. The Bertz CT molecular complexity index is 114. The zero-order valence-electron chi connectivity index (χ0n) is 8.84. The van der Waals surface area contributed by atoms with Crippen molar-refractivity contribution in [1.82, 2.24) is 4.90 Å². The monoisotopic (exact) mass is 169 g/mol. The van der Waals surface area contributed by atoms with Crippen molar-refractivity contribution in [3.05, 3.63) is 0 Å². The van der Waals surface area contributed by atoms with Gasteiger partial charge < -0.3 is 4.90 Å². The quantitative estimate of drug-likeness (QED) is 0.539. The summed E-state index contributed by atoms with van der Waals surface area (Å²) < 4.78 is 0. The lowest BCUT2D eigenvalue weighted by atomic mass is 9.80. The smallest absolute Gasteiger partial charge is 0.000968 e. The van der Waals surface area contributed by atoms with Crippen molar-refractivity contribution in [1.29, 1.82) is 0 Å². The van der Waals surface area contributed by atoms with Gasteiger partial charge in [0.1, 0.15) is 0 Å². The highest BCUT2D eigenvalue weighted by Crippen LogP contribution is 2.31. The molecule has 3 saturated heterocycles. The van der Waals surface area contributed by atoms with Crippen molar-refractivity contribution in [2.24, 2.45) is 11.8 Å². The van der Waals surface area contributed by atoms with Crippen molar-refractivity contribution in [2.45, 2.75) is 40.0 Å². The largest absolute Gasteiger partial charge is 0.303 e. The highest BCUT2D eigenvalue weighted by atomic mass is 15.1. The second-order valence-corrected chi connectivity index (χ2v) is 4.32. The van der Waals surface area contributed by atoms with Crippen LogP contribution in [0.2, 0.25) is 0 Å². The predicted octanol–water partition coefficient (Wildman–Crippen LogP) is 2.76. The molecule has 0 aromatic carbocycles. The van der Waals surface area contributed by atoms with E-state index in [-0.39, 0.29) is 0 Å². The first-order valence-corrected chi connectivity index (χ1v) is 5.50. The molecule has 0 spiro atoms. The van der Waals surface area contributed by atoms with E-state index >= 15 is 0 Å². The highest BCUT2D eigenvalue weighted by molar-refractivity contribution is 4.83. The van der Waals surface area contributed by atoms with E-state index in [1.165, 1.54) is 38.9 Å². The molecule has 3 aliphatic heterocycles. The van der Waals surface area contributed by atoms with Crippen molar-refractivity contribution in [3.8, 4) is 0 Å². The normalized spacial score (nSPS) is 38.8. The maximum absolute atomic E-state index is 2.60. The Morgan fingerprint density at radius 2 is 1.67 bits per heavy atom. The van der Waals surface area contributed by atoms with Crippen LogP contribution in [0.15, 0.2) is 0 Å². The second-order valence-electron chi connectivity index (χ2n) is 4.32. The average Bonchev–Trinajstić information content (AvgIpc) is 2.07. The molecule has 3 heterocycles. The van der Waals surface area contributed by atoms with Crippen LogP contribution < -0.4 is 0 Å². The van der Waals surface area contributed by atoms with E-state index in [1.54, 1.807) is 0 Å². The number of hydrogen-bond acceptors (Lipinski definition) is 1. The van der Waals surface area contributed by atoms with Gasteiger partial charge in [-0.25, -0.2) is 0 Å². The van der Waals surface area contributed by atoms with Crippen LogP contribution in [0, 0.1) is 11.8 Å². The van der Waals surface area contributed by atoms with Crippen LogP contribution in [0.25, 0.3) is 0 Å². The van der Waals surface area contributed by atoms with Crippen LogP contribution in [0.5, 0.6) is 0 Å². The highest BCUT2D eigenvalue weighted by Gasteiger charge is 2.30. The number of piperidine rings is 3. The molecule has 3 rings (SSSR count). The Labute approximate surface area is 77.1 Å². The SMILES string of the molecule is CCC.C[C@H]1CN2CCC1CC2. The molecule has 0 unspecified atom stereocenters. The molecule has 3 aliphatic rings. The minimum absolute atomic E-state index is 0.993. The fraction of sp³-hybridized carbons (Fsp3) is 1.00. The van der Waals surface area contributed by atoms with Crippen LogP contribution >= 0.6 is 0 Å². The molecule has 12 heavy (non-hydrogen) atoms. The Balaban J connectivity index is 0.000000213. The first-order valence-electron chi connectivity index (χ1n) is 5.50. The maximum atomic E-state index is 2.60. The fourth-order valence-electron chi connectivity index (χ4n) is 2.26. The van der Waals surface area contributed by atoms with Gasteiger partial charge in [0.15, 0.2) is 0 Å². The zero-order chi connectivity index (χ0) is 8.97. The number of nitrogens with zero attached hydrogens (tertiary/aromatic N) is 1. The van der Waals surface area contributed by atoms with Crippen LogP contribution in [-0.4, -0.2) is 24.5 Å². The average molecular weight is 169 g/mol. The molecule has 0 aromatic rings. The van der Waals surface area contributed by atoms with Gasteiger partial charge in [0.25, 0.3) is 0 Å². The summed E-state index contributed by atoms with van der Waals surface area (Å²) >= 11 is 0. The second kappa shape index (κ2) is 4.86. The summed E-state index contributed by atoms with van der Waals surface area (Å²) in [7, 11) is 0. The third-order valence-corrected chi connectivity index (χ3v) is 2.98. The van der Waals surface area contributed by atoms with E-state index in [0.29, 0.717) is 0 Å². The molecule has 1 heteroatoms. The molecule has 0 radical (unpaired) electrons. The summed E-state index contributed by atoms with van der Waals surface area (Å²) in [5, 5.41) is 0. The zero-order valence-corrected chi connectivity index (χ0v) is 8.84. The first-order chi connectivity index (χ1) is 5.77. The lowest BCUT2D eigenvalue weighted by Crippen LogP contribution is -2.46. The van der Waals surface area contributed by atoms with Gasteiger partial charge in [0, 0.05) is 6.54 Å². The molecule has 0 aromatic heterocycles. The van der Waals surface area contributed by atoms with E-state index in [2.05, 4.69) is 25.7 Å². The number of rotatable bonds is 0. The van der Waals surface area contributed by atoms with Crippen LogP contribution in [0.4, 0.5) is 0 Å². The number of fused-ring (bicyclic) bond motifs is 3. The molecule has 2 bridgehead atoms. The van der Waals surface area contributed by atoms with Gasteiger partial charge in [0.2, 0.25) is 0 Å². The lowest BCUT2D eigenvalue weighted by Gasteiger charge is -2.43. The Hall–Kier alpha value is -0.0400.